The molecule has 0 aromatic heterocycles. The number of carboxylic acid groups (broad SMARTS) is 8. The molecule has 0 amide bonds. The molecule has 0 heterocycles. The summed E-state index contributed by atoms with van der Waals surface area (Å²) in [7, 11) is 2.41. The van der Waals surface area contributed by atoms with Gasteiger partial charge in [-0.05, 0) is 20.3 Å². The topological polar surface area (TPSA) is 521 Å². The number of rotatable bonds is 17. The maximum absolute atomic E-state index is 10.3. The first-order valence-corrected chi connectivity index (χ1v) is 15.7. The average molecular weight is 776 g/mol. The quantitative estimate of drug-likeness (QED) is 0.0483. The number of hydrogen-bond donors (Lipinski definition) is 17. The summed E-state index contributed by atoms with van der Waals surface area (Å²) in [6.07, 6.45) is -1.20. The van der Waals surface area contributed by atoms with Crippen molar-refractivity contribution in [1.82, 2.24) is 0 Å². The summed E-state index contributed by atoms with van der Waals surface area (Å²) in [6, 6.07) is -5.92. The minimum atomic E-state index is -1.18. The molecule has 24 N–H and O–H groups in total. The van der Waals surface area contributed by atoms with Gasteiger partial charge in [0, 0.05) is 17.9 Å². The number of aliphatic hydroxyl groups is 2. The summed E-state index contributed by atoms with van der Waals surface area (Å²) in [4.78, 5) is 78.7. The van der Waals surface area contributed by atoms with Crippen LogP contribution in [-0.4, -0.2) is 166 Å². The average Bonchev–Trinajstić information content (AvgIpc) is 3.01. The first kappa shape index (κ1) is 58.3. The summed E-state index contributed by atoms with van der Waals surface area (Å²) < 4.78 is 0. The van der Waals surface area contributed by atoms with Gasteiger partial charge in [0.05, 0.1) is 19.3 Å². The van der Waals surface area contributed by atoms with Gasteiger partial charge in [0.1, 0.15) is 36.3 Å². The van der Waals surface area contributed by atoms with Crippen molar-refractivity contribution >= 4 is 69.3 Å². The molecule has 7 unspecified atom stereocenters. The van der Waals surface area contributed by atoms with E-state index in [1.54, 1.807) is 0 Å². The van der Waals surface area contributed by atoms with Crippen molar-refractivity contribution in [2.75, 3.05) is 24.7 Å². The Hall–Kier alpha value is -3.90. The van der Waals surface area contributed by atoms with Crippen LogP contribution in [0.4, 0.5) is 0 Å². The number of aliphatic carboxylic acids is 8. The first-order chi connectivity index (χ1) is 22.6. The molecule has 0 saturated carbocycles. The molecule has 0 radical (unpaired) electrons. The zero-order valence-electron chi connectivity index (χ0n) is 26.9. The standard InChI is InChI=1S/C6H12N2O4S2.C5H9NO4.C4H9NO3.C3H7NO3.C3H7NO2.C2H5NO2/c7-3(5(9)10)1-13-14-2-4(8)6(11)12;6-3(5(9)10)1-2-4(7)8;1-2(6)3(5)4(7)8;4-2(1-5)3(6)7;1-2(4)3(5)6;3-1-2(4)5/h3-4H,1-2,7-8H2,(H,9,10)(H,11,12);3H,1-2,6H2,(H,7,8)(H,9,10);2-3,6H,5H2,1H3,(H,7,8);2,5H,1,4H2,(H,6,7);2H,4H2,1H3,(H,5,6);1,3H2,(H,4,5). The van der Waals surface area contributed by atoms with Gasteiger partial charge in [-0.1, -0.05) is 21.6 Å². The maximum atomic E-state index is 10.3. The molecule has 0 spiro atoms. The minimum absolute atomic E-state index is 0.0231. The van der Waals surface area contributed by atoms with Crippen LogP contribution in [0.25, 0.3) is 0 Å². The van der Waals surface area contributed by atoms with Gasteiger partial charge < -0.3 is 91.2 Å². The molecule has 0 saturated heterocycles. The lowest BCUT2D eigenvalue weighted by Crippen LogP contribution is -2.39. The summed E-state index contributed by atoms with van der Waals surface area (Å²) in [5.74, 6) is -8.17. The van der Waals surface area contributed by atoms with Crippen molar-refractivity contribution in [3.8, 4) is 0 Å². The molecule has 0 aliphatic rings. The zero-order valence-corrected chi connectivity index (χ0v) is 28.5. The Balaban J connectivity index is -0.000000120. The van der Waals surface area contributed by atoms with Crippen LogP contribution in [0.5, 0.6) is 0 Å². The van der Waals surface area contributed by atoms with Crippen LogP contribution in [0.2, 0.25) is 0 Å². The van der Waals surface area contributed by atoms with Crippen molar-refractivity contribution in [3.05, 3.63) is 0 Å². The number of carbonyl (C=O) groups is 8. The third kappa shape index (κ3) is 50.9. The van der Waals surface area contributed by atoms with Crippen LogP contribution in [0.1, 0.15) is 26.7 Å². The molecular weight excluding hydrogens is 726 g/mol. The minimum Gasteiger partial charge on any atom is -0.481 e. The molecule has 25 nitrogen and oxygen atoms in total. The van der Waals surface area contributed by atoms with Gasteiger partial charge in [0.2, 0.25) is 0 Å². The second kappa shape index (κ2) is 36.4. The van der Waals surface area contributed by atoms with E-state index in [-0.39, 0.29) is 30.9 Å². The van der Waals surface area contributed by atoms with E-state index in [4.69, 9.17) is 85.5 Å². The molecule has 0 aromatic carbocycles. The Kier molecular flexibility index (Phi) is 42.4. The molecule has 296 valence electrons. The van der Waals surface area contributed by atoms with Gasteiger partial charge in [-0.25, -0.2) is 0 Å². The second-order valence-electron chi connectivity index (χ2n) is 8.79. The summed E-state index contributed by atoms with van der Waals surface area (Å²) >= 11 is 0. The lowest BCUT2D eigenvalue weighted by atomic mass is 10.2. The smallest absolute Gasteiger partial charge is 0.323 e. The van der Waals surface area contributed by atoms with E-state index in [1.807, 2.05) is 0 Å². The monoisotopic (exact) mass is 775 g/mol. The fourth-order valence-corrected chi connectivity index (χ4v) is 3.30. The predicted molar refractivity (Wildman–Crippen MR) is 177 cm³/mol. The lowest BCUT2D eigenvalue weighted by Gasteiger charge is -2.07. The van der Waals surface area contributed by atoms with Gasteiger partial charge in [0.15, 0.2) is 0 Å². The molecule has 27 heteroatoms. The second-order valence-corrected chi connectivity index (χ2v) is 11.3. The Morgan fingerprint density at radius 1 is 0.540 bits per heavy atom. The third-order valence-electron chi connectivity index (χ3n) is 4.08. The number of carboxylic acids is 8. The summed E-state index contributed by atoms with van der Waals surface area (Å²) in [6.45, 7) is 1.97. The SMILES string of the molecule is CC(N)C(=O)O.CC(O)C(N)C(=O)O.NC(CCC(=O)O)C(=O)O.NC(CO)C(=O)O.NC(CSSCC(N)C(=O)O)C(=O)O.NCC(=O)O. The van der Waals surface area contributed by atoms with E-state index in [2.05, 4.69) is 5.73 Å². The molecular formula is C23H49N7O18S2. The molecule has 50 heavy (non-hydrogen) atoms. The van der Waals surface area contributed by atoms with Crippen LogP contribution >= 0.6 is 21.6 Å². The Labute approximate surface area is 292 Å². The van der Waals surface area contributed by atoms with E-state index >= 15 is 0 Å². The number of hydrogen-bond acceptors (Lipinski definition) is 19. The van der Waals surface area contributed by atoms with E-state index in [9.17, 15) is 38.4 Å². The molecule has 7 atom stereocenters. The fraction of sp³-hybridized carbons (Fsp3) is 0.652. The third-order valence-corrected chi connectivity index (χ3v) is 6.56. The van der Waals surface area contributed by atoms with Crippen molar-refractivity contribution in [2.24, 2.45) is 40.1 Å². The van der Waals surface area contributed by atoms with Crippen LogP contribution in [0.15, 0.2) is 0 Å². The van der Waals surface area contributed by atoms with Crippen molar-refractivity contribution in [3.63, 3.8) is 0 Å². The van der Waals surface area contributed by atoms with E-state index < -0.39 is 96.7 Å². The molecule has 0 aliphatic carbocycles. The first-order valence-electron chi connectivity index (χ1n) is 13.2. The Bertz CT molecular complexity index is 989. The van der Waals surface area contributed by atoms with Crippen LogP contribution < -0.4 is 40.1 Å². The predicted octanol–water partition coefficient (Wildman–Crippen LogP) is -5.93. The van der Waals surface area contributed by atoms with Gasteiger partial charge in [-0.2, -0.15) is 0 Å². The largest absolute Gasteiger partial charge is 0.481 e. The highest BCUT2D eigenvalue weighted by Crippen LogP contribution is 2.22. The highest BCUT2D eigenvalue weighted by atomic mass is 33.1. The van der Waals surface area contributed by atoms with Crippen molar-refractivity contribution in [1.29, 1.82) is 0 Å². The molecule has 0 rings (SSSR count). The molecule has 0 aliphatic heterocycles. The van der Waals surface area contributed by atoms with Gasteiger partial charge in [-0.3, -0.25) is 38.4 Å². The van der Waals surface area contributed by atoms with Gasteiger partial charge >= 0.3 is 47.8 Å². The Morgan fingerprint density at radius 2 is 0.840 bits per heavy atom. The van der Waals surface area contributed by atoms with Gasteiger partial charge in [0.25, 0.3) is 0 Å². The summed E-state index contributed by atoms with van der Waals surface area (Å²) in [5, 5.41) is 81.0. The maximum Gasteiger partial charge on any atom is 0.323 e. The van der Waals surface area contributed by atoms with E-state index in [1.165, 1.54) is 35.4 Å². The fourth-order valence-electron chi connectivity index (χ4n) is 1.07. The lowest BCUT2D eigenvalue weighted by molar-refractivity contribution is -0.141. The van der Waals surface area contributed by atoms with Crippen LogP contribution in [0, 0.1) is 0 Å². The van der Waals surface area contributed by atoms with E-state index in [0.29, 0.717) is 0 Å². The van der Waals surface area contributed by atoms with Gasteiger partial charge in [-0.15, -0.1) is 0 Å². The molecule has 0 aromatic rings. The summed E-state index contributed by atoms with van der Waals surface area (Å²) in [5.41, 5.74) is 34.5. The molecule has 0 bridgehead atoms. The highest BCUT2D eigenvalue weighted by Gasteiger charge is 2.16. The Morgan fingerprint density at radius 3 is 0.960 bits per heavy atom. The van der Waals surface area contributed by atoms with Crippen molar-refractivity contribution in [2.45, 2.75) is 69.0 Å². The van der Waals surface area contributed by atoms with Crippen LogP contribution in [0.3, 0.4) is 0 Å². The number of aliphatic hydroxyl groups excluding tert-OH is 2. The van der Waals surface area contributed by atoms with E-state index in [0.717, 1.165) is 0 Å². The van der Waals surface area contributed by atoms with Crippen molar-refractivity contribution < 1.29 is 89.4 Å². The normalized spacial score (nSPS) is 13.7. The van der Waals surface area contributed by atoms with Crippen LogP contribution in [-0.2, 0) is 38.4 Å². The zero-order chi connectivity index (χ0) is 41.3. The molecule has 0 fully saturated rings. The number of nitrogens with two attached hydrogens (primary N) is 7. The highest BCUT2D eigenvalue weighted by molar-refractivity contribution is 8.76.